The fraction of sp³-hybridized carbons (Fsp3) is 0.231. The molecule has 0 aliphatic heterocycles. The van der Waals surface area contributed by atoms with Gasteiger partial charge in [0.05, 0.1) is 7.11 Å². The first kappa shape index (κ1) is 14.8. The number of hydrogen-bond acceptors (Lipinski definition) is 3. The number of hydrogen-bond donors (Lipinski definition) is 1. The fourth-order valence-electron chi connectivity index (χ4n) is 1.40. The predicted octanol–water partition coefficient (Wildman–Crippen LogP) is 1.81. The predicted molar refractivity (Wildman–Crippen MR) is 64.4 cm³/mol. The smallest absolute Gasteiger partial charge is 0.328 e. The van der Waals surface area contributed by atoms with E-state index in [1.54, 1.807) is 0 Å². The summed E-state index contributed by atoms with van der Waals surface area (Å²) in [5.41, 5.74) is -0.0862. The van der Waals surface area contributed by atoms with Crippen LogP contribution in [0, 0.1) is 11.6 Å². The van der Waals surface area contributed by atoms with Crippen molar-refractivity contribution in [2.24, 2.45) is 0 Å². The van der Waals surface area contributed by atoms with E-state index in [-0.39, 0.29) is 12.0 Å². The van der Waals surface area contributed by atoms with E-state index in [1.807, 2.05) is 0 Å². The number of halogens is 2. The van der Waals surface area contributed by atoms with Crippen LogP contribution in [0.2, 0.25) is 0 Å². The highest BCUT2D eigenvalue weighted by atomic mass is 19.2. The van der Waals surface area contributed by atoms with Gasteiger partial charge in [0, 0.05) is 5.56 Å². The summed E-state index contributed by atoms with van der Waals surface area (Å²) < 4.78 is 30.2. The van der Waals surface area contributed by atoms with Crippen molar-refractivity contribution in [1.82, 2.24) is 5.32 Å². The zero-order valence-corrected chi connectivity index (χ0v) is 10.3. The van der Waals surface area contributed by atoms with E-state index in [0.717, 1.165) is 18.2 Å². The van der Waals surface area contributed by atoms with Crippen LogP contribution >= 0.6 is 0 Å². The summed E-state index contributed by atoms with van der Waals surface area (Å²) in [5, 5.41) is 2.36. The SMILES string of the molecule is C=CC[C@@H](NC(=O)c1ccc(F)c(F)c1)C(=O)OC. The van der Waals surface area contributed by atoms with Gasteiger partial charge in [-0.25, -0.2) is 13.6 Å². The molecular weight excluding hydrogens is 256 g/mol. The summed E-state index contributed by atoms with van der Waals surface area (Å²) in [6.45, 7) is 3.45. The van der Waals surface area contributed by atoms with Gasteiger partial charge in [0.1, 0.15) is 6.04 Å². The molecule has 1 aromatic carbocycles. The molecule has 0 saturated carbocycles. The third kappa shape index (κ3) is 3.87. The van der Waals surface area contributed by atoms with Crippen LogP contribution in [0.1, 0.15) is 16.8 Å². The number of amides is 1. The molecule has 0 saturated heterocycles. The second-order valence-electron chi connectivity index (χ2n) is 3.70. The van der Waals surface area contributed by atoms with E-state index in [4.69, 9.17) is 0 Å². The molecule has 0 aliphatic carbocycles. The van der Waals surface area contributed by atoms with Crippen molar-refractivity contribution in [3.63, 3.8) is 0 Å². The van der Waals surface area contributed by atoms with Crippen LogP contribution in [0.25, 0.3) is 0 Å². The first-order chi connectivity index (χ1) is 8.99. The minimum Gasteiger partial charge on any atom is -0.467 e. The second kappa shape index (κ2) is 6.63. The van der Waals surface area contributed by atoms with Crippen molar-refractivity contribution in [2.45, 2.75) is 12.5 Å². The molecule has 1 atom stereocenters. The second-order valence-corrected chi connectivity index (χ2v) is 3.70. The summed E-state index contributed by atoms with van der Waals surface area (Å²) in [4.78, 5) is 23.1. The Hall–Kier alpha value is -2.24. The fourth-order valence-corrected chi connectivity index (χ4v) is 1.40. The van der Waals surface area contributed by atoms with Crippen molar-refractivity contribution >= 4 is 11.9 Å². The Bertz CT molecular complexity index is 503. The van der Waals surface area contributed by atoms with Crippen LogP contribution in [0.3, 0.4) is 0 Å². The topological polar surface area (TPSA) is 55.4 Å². The third-order valence-electron chi connectivity index (χ3n) is 2.38. The molecule has 0 aliphatic rings. The Labute approximate surface area is 109 Å². The minimum atomic E-state index is -1.13. The van der Waals surface area contributed by atoms with Gasteiger partial charge in [-0.15, -0.1) is 6.58 Å². The minimum absolute atomic E-state index is 0.0862. The highest BCUT2D eigenvalue weighted by Gasteiger charge is 2.21. The zero-order chi connectivity index (χ0) is 14.4. The first-order valence-corrected chi connectivity index (χ1v) is 5.44. The molecule has 1 aromatic rings. The summed E-state index contributed by atoms with van der Waals surface area (Å²) in [6, 6.07) is 1.80. The number of methoxy groups -OCH3 is 1. The molecule has 4 nitrogen and oxygen atoms in total. The molecule has 0 heterocycles. The number of ether oxygens (including phenoxy) is 1. The zero-order valence-electron chi connectivity index (χ0n) is 10.3. The van der Waals surface area contributed by atoms with Crippen LogP contribution in [-0.4, -0.2) is 25.0 Å². The van der Waals surface area contributed by atoms with Gasteiger partial charge in [0.2, 0.25) is 0 Å². The van der Waals surface area contributed by atoms with Crippen molar-refractivity contribution in [1.29, 1.82) is 0 Å². The van der Waals surface area contributed by atoms with E-state index < -0.39 is 29.6 Å². The normalized spacial score (nSPS) is 11.5. The molecule has 0 bridgehead atoms. The molecule has 102 valence electrons. The van der Waals surface area contributed by atoms with Crippen LogP contribution in [-0.2, 0) is 9.53 Å². The first-order valence-electron chi connectivity index (χ1n) is 5.44. The molecule has 0 aromatic heterocycles. The van der Waals surface area contributed by atoms with Gasteiger partial charge in [-0.1, -0.05) is 6.08 Å². The third-order valence-corrected chi connectivity index (χ3v) is 2.38. The summed E-state index contributed by atoms with van der Waals surface area (Å²) in [5.74, 6) is -3.52. The van der Waals surface area contributed by atoms with Gasteiger partial charge < -0.3 is 10.1 Å². The van der Waals surface area contributed by atoms with Crippen molar-refractivity contribution in [2.75, 3.05) is 7.11 Å². The molecule has 0 radical (unpaired) electrons. The molecule has 6 heteroatoms. The number of carbonyl (C=O) groups excluding carboxylic acids is 2. The maximum absolute atomic E-state index is 13.0. The Morgan fingerprint density at radius 1 is 1.42 bits per heavy atom. The average Bonchev–Trinajstić information content (AvgIpc) is 2.40. The van der Waals surface area contributed by atoms with Gasteiger partial charge >= 0.3 is 5.97 Å². The van der Waals surface area contributed by atoms with Crippen molar-refractivity contribution in [3.8, 4) is 0 Å². The van der Waals surface area contributed by atoms with E-state index in [0.29, 0.717) is 0 Å². The lowest BCUT2D eigenvalue weighted by molar-refractivity contribution is -0.142. The number of rotatable bonds is 5. The number of benzene rings is 1. The Kier molecular flexibility index (Phi) is 5.17. The van der Waals surface area contributed by atoms with Gasteiger partial charge in [-0.3, -0.25) is 4.79 Å². The van der Waals surface area contributed by atoms with E-state index >= 15 is 0 Å². The van der Waals surface area contributed by atoms with Gasteiger partial charge in [-0.2, -0.15) is 0 Å². The molecule has 0 fully saturated rings. The average molecular weight is 269 g/mol. The maximum atomic E-state index is 13.0. The van der Waals surface area contributed by atoms with Crippen molar-refractivity contribution in [3.05, 3.63) is 48.1 Å². The highest BCUT2D eigenvalue weighted by Crippen LogP contribution is 2.09. The number of carbonyl (C=O) groups is 2. The van der Waals surface area contributed by atoms with Crippen LogP contribution < -0.4 is 5.32 Å². The number of nitrogens with one attached hydrogen (secondary N) is 1. The van der Waals surface area contributed by atoms with Crippen LogP contribution in [0.5, 0.6) is 0 Å². The number of esters is 1. The maximum Gasteiger partial charge on any atom is 0.328 e. The van der Waals surface area contributed by atoms with Crippen LogP contribution in [0.15, 0.2) is 30.9 Å². The van der Waals surface area contributed by atoms with Crippen LogP contribution in [0.4, 0.5) is 8.78 Å². The largest absolute Gasteiger partial charge is 0.467 e. The monoisotopic (exact) mass is 269 g/mol. The summed E-state index contributed by atoms with van der Waals surface area (Å²) >= 11 is 0. The molecule has 0 spiro atoms. The van der Waals surface area contributed by atoms with Crippen molar-refractivity contribution < 1.29 is 23.1 Å². The van der Waals surface area contributed by atoms with Gasteiger partial charge in [0.15, 0.2) is 11.6 Å². The van der Waals surface area contributed by atoms with E-state index in [1.165, 1.54) is 13.2 Å². The Morgan fingerprint density at radius 2 is 2.11 bits per heavy atom. The molecule has 1 N–H and O–H groups in total. The molecule has 0 unspecified atom stereocenters. The Morgan fingerprint density at radius 3 is 2.63 bits per heavy atom. The molecule has 1 amide bonds. The lowest BCUT2D eigenvalue weighted by Crippen LogP contribution is -2.41. The lowest BCUT2D eigenvalue weighted by Gasteiger charge is -2.14. The van der Waals surface area contributed by atoms with Gasteiger partial charge in [-0.05, 0) is 24.6 Å². The summed E-state index contributed by atoms with van der Waals surface area (Å²) in [6.07, 6.45) is 1.61. The van der Waals surface area contributed by atoms with E-state index in [2.05, 4.69) is 16.6 Å². The standard InChI is InChI=1S/C13H13F2NO3/c1-3-4-11(13(18)19-2)16-12(17)8-5-6-9(14)10(15)7-8/h3,5-7,11H,1,4H2,2H3,(H,16,17)/t11-/m1/s1. The Balaban J connectivity index is 2.84. The molecule has 19 heavy (non-hydrogen) atoms. The molecule has 1 rings (SSSR count). The summed E-state index contributed by atoms with van der Waals surface area (Å²) in [7, 11) is 1.18. The molecular formula is C13H13F2NO3. The van der Waals surface area contributed by atoms with Gasteiger partial charge in [0.25, 0.3) is 5.91 Å². The van der Waals surface area contributed by atoms with E-state index in [9.17, 15) is 18.4 Å². The quantitative estimate of drug-likeness (QED) is 0.655. The lowest BCUT2D eigenvalue weighted by atomic mass is 10.1. The highest BCUT2D eigenvalue weighted by molar-refractivity contribution is 5.96.